The van der Waals surface area contributed by atoms with Crippen LogP contribution in [0.1, 0.15) is 36.8 Å². The minimum Gasteiger partial charge on any atom is -0.508 e. The summed E-state index contributed by atoms with van der Waals surface area (Å²) in [7, 11) is 0. The number of hydrogen-bond acceptors (Lipinski definition) is 7. The molecule has 9 nitrogen and oxygen atoms in total. The fourth-order valence-electron chi connectivity index (χ4n) is 9.01. The predicted molar refractivity (Wildman–Crippen MR) is 181 cm³/mol. The average Bonchev–Trinajstić information content (AvgIpc) is 3.47. The number of anilines is 3. The third-order valence-electron chi connectivity index (χ3n) is 11.5. The van der Waals surface area contributed by atoms with Crippen molar-refractivity contribution < 1.29 is 33.4 Å². The van der Waals surface area contributed by atoms with E-state index in [4.69, 9.17) is 16.3 Å². The second-order valence-electron chi connectivity index (χ2n) is 13.9. The van der Waals surface area contributed by atoms with E-state index in [1.807, 2.05) is 24.3 Å². The van der Waals surface area contributed by atoms with Gasteiger partial charge in [0.1, 0.15) is 11.6 Å². The monoisotopic (exact) mass is 683 g/mol. The fourth-order valence-corrected chi connectivity index (χ4v) is 9.19. The van der Waals surface area contributed by atoms with Gasteiger partial charge in [-0.3, -0.25) is 24.1 Å². The predicted octanol–water partition coefficient (Wildman–Crippen LogP) is 5.77. The number of rotatable bonds is 4. The molecule has 0 bridgehead atoms. The Bertz CT molecular complexity index is 1960. The van der Waals surface area contributed by atoms with E-state index in [2.05, 4.69) is 4.90 Å². The highest BCUT2D eigenvalue weighted by molar-refractivity contribution is 6.32. The number of aromatic hydroxyl groups is 1. The van der Waals surface area contributed by atoms with E-state index >= 15 is 0 Å². The van der Waals surface area contributed by atoms with Gasteiger partial charge in [-0.1, -0.05) is 35.4 Å². The first-order valence-corrected chi connectivity index (χ1v) is 17.0. The molecule has 49 heavy (non-hydrogen) atoms. The molecule has 3 heterocycles. The molecule has 3 aromatic rings. The van der Waals surface area contributed by atoms with E-state index in [0.717, 1.165) is 40.9 Å². The summed E-state index contributed by atoms with van der Waals surface area (Å²) in [6, 6.07) is 16.3. The van der Waals surface area contributed by atoms with Crippen LogP contribution in [0.2, 0.25) is 5.02 Å². The summed E-state index contributed by atoms with van der Waals surface area (Å²) >= 11 is 6.10. The molecule has 3 aromatic carbocycles. The van der Waals surface area contributed by atoms with Crippen molar-refractivity contribution in [1.29, 1.82) is 0 Å². The van der Waals surface area contributed by atoms with Crippen LogP contribution >= 0.6 is 11.6 Å². The Labute approximate surface area is 287 Å². The average molecular weight is 684 g/mol. The lowest BCUT2D eigenvalue weighted by Gasteiger charge is -2.49. The summed E-state index contributed by atoms with van der Waals surface area (Å²) in [6.45, 7) is 6.34. The molecule has 4 amide bonds. The van der Waals surface area contributed by atoms with Crippen LogP contribution in [0.5, 0.6) is 5.75 Å². The summed E-state index contributed by atoms with van der Waals surface area (Å²) in [5, 5.41) is 10.2. The standard InChI is InChI=1S/C38H35ClFN3O6/c1-20-17-21(3-12-31(20)44)33-25-9-10-26-32(36(47)42(34(26)45)23-6-4-22(5-7-23)41-13-15-49-16-14-41)27(25)19-28-35(46)43(37(48)38(28,33)2)24-8-11-30(40)29(39)18-24/h3-9,11-12,17-18,26-28,32-33,44H,10,13-16,19H2,1-2H3/t26-,27+,28-,32-,33-,38+/m0/s1. The number of phenols is 1. The number of hydrogen-bond donors (Lipinski definition) is 1. The Morgan fingerprint density at radius 1 is 0.857 bits per heavy atom. The Kier molecular flexibility index (Phi) is 7.46. The number of amides is 4. The van der Waals surface area contributed by atoms with Crippen LogP contribution in [0.15, 0.2) is 72.3 Å². The van der Waals surface area contributed by atoms with Crippen molar-refractivity contribution in [1.82, 2.24) is 0 Å². The third kappa shape index (κ3) is 4.67. The third-order valence-corrected chi connectivity index (χ3v) is 11.8. The summed E-state index contributed by atoms with van der Waals surface area (Å²) in [6.07, 6.45) is 2.50. The highest BCUT2D eigenvalue weighted by atomic mass is 35.5. The smallest absolute Gasteiger partial charge is 0.241 e. The van der Waals surface area contributed by atoms with Gasteiger partial charge in [0.25, 0.3) is 0 Å². The molecule has 4 fully saturated rings. The molecule has 252 valence electrons. The van der Waals surface area contributed by atoms with E-state index < -0.39 is 52.6 Å². The molecular formula is C38H35ClFN3O6. The van der Waals surface area contributed by atoms with E-state index in [9.17, 15) is 28.7 Å². The number of phenolic OH excluding ortho intramolecular Hbond substituents is 1. The van der Waals surface area contributed by atoms with Gasteiger partial charge in [0.05, 0.1) is 52.8 Å². The van der Waals surface area contributed by atoms with E-state index in [0.29, 0.717) is 30.9 Å². The Morgan fingerprint density at radius 3 is 2.24 bits per heavy atom. The zero-order valence-corrected chi connectivity index (χ0v) is 27.8. The molecule has 1 saturated carbocycles. The number of morpholine rings is 1. The van der Waals surface area contributed by atoms with Crippen LogP contribution in [0.4, 0.5) is 21.5 Å². The summed E-state index contributed by atoms with van der Waals surface area (Å²) in [4.78, 5) is 61.9. The number of benzene rings is 3. The molecule has 0 spiro atoms. The first-order chi connectivity index (χ1) is 23.5. The van der Waals surface area contributed by atoms with Crippen molar-refractivity contribution in [3.05, 3.63) is 94.3 Å². The van der Waals surface area contributed by atoms with E-state index in [1.54, 1.807) is 38.1 Å². The van der Waals surface area contributed by atoms with Gasteiger partial charge in [-0.2, -0.15) is 0 Å². The molecule has 1 N–H and O–H groups in total. The van der Waals surface area contributed by atoms with Crippen LogP contribution in [-0.4, -0.2) is 55.0 Å². The normalized spacial score (nSPS) is 29.6. The van der Waals surface area contributed by atoms with Crippen LogP contribution in [-0.2, 0) is 23.9 Å². The minimum atomic E-state index is -1.27. The number of imide groups is 2. The molecule has 0 aromatic heterocycles. The van der Waals surface area contributed by atoms with Crippen LogP contribution in [0.25, 0.3) is 0 Å². The van der Waals surface area contributed by atoms with Gasteiger partial charge in [0.2, 0.25) is 23.6 Å². The molecule has 0 radical (unpaired) electrons. The van der Waals surface area contributed by atoms with Crippen molar-refractivity contribution >= 4 is 52.3 Å². The summed E-state index contributed by atoms with van der Waals surface area (Å²) in [5.74, 6) is -5.33. The Hall–Kier alpha value is -4.54. The zero-order chi connectivity index (χ0) is 34.4. The molecule has 8 rings (SSSR count). The minimum absolute atomic E-state index is 0.0961. The van der Waals surface area contributed by atoms with E-state index in [-0.39, 0.29) is 34.7 Å². The van der Waals surface area contributed by atoms with Crippen LogP contribution < -0.4 is 14.7 Å². The Morgan fingerprint density at radius 2 is 1.55 bits per heavy atom. The molecule has 0 unspecified atom stereocenters. The van der Waals surface area contributed by atoms with Gasteiger partial charge >= 0.3 is 0 Å². The van der Waals surface area contributed by atoms with Crippen molar-refractivity contribution in [3.63, 3.8) is 0 Å². The summed E-state index contributed by atoms with van der Waals surface area (Å²) in [5.41, 5.74) is 2.57. The summed E-state index contributed by atoms with van der Waals surface area (Å²) < 4.78 is 19.6. The number of fused-ring (bicyclic) bond motifs is 4. The fraction of sp³-hybridized carbons (Fsp3) is 0.368. The van der Waals surface area contributed by atoms with Gasteiger partial charge < -0.3 is 14.7 Å². The second kappa shape index (κ2) is 11.5. The number of allylic oxidation sites excluding steroid dienone is 2. The maximum Gasteiger partial charge on any atom is 0.241 e. The molecule has 11 heteroatoms. The van der Waals surface area contributed by atoms with E-state index in [1.165, 1.54) is 17.0 Å². The van der Waals surface area contributed by atoms with Gasteiger partial charge in [-0.15, -0.1) is 0 Å². The number of ether oxygens (including phenoxy) is 1. The molecule has 3 saturated heterocycles. The number of aryl methyl sites for hydroxylation is 1. The lowest BCUT2D eigenvalue weighted by atomic mass is 9.51. The number of carbonyl (C=O) groups excluding carboxylic acids is 4. The first-order valence-electron chi connectivity index (χ1n) is 16.6. The number of carbonyl (C=O) groups is 4. The van der Waals surface area contributed by atoms with Crippen molar-refractivity contribution in [2.75, 3.05) is 41.0 Å². The molecule has 6 atom stereocenters. The van der Waals surface area contributed by atoms with Gasteiger partial charge in [0, 0.05) is 24.7 Å². The molecule has 2 aliphatic carbocycles. The van der Waals surface area contributed by atoms with Crippen molar-refractivity contribution in [2.24, 2.45) is 29.1 Å². The van der Waals surface area contributed by atoms with Crippen molar-refractivity contribution in [2.45, 2.75) is 32.6 Å². The first kappa shape index (κ1) is 31.7. The second-order valence-corrected chi connectivity index (χ2v) is 14.3. The van der Waals surface area contributed by atoms with Crippen LogP contribution in [0.3, 0.4) is 0 Å². The lowest BCUT2D eigenvalue weighted by molar-refractivity contribution is -0.131. The lowest BCUT2D eigenvalue weighted by Crippen LogP contribution is -2.48. The molecule has 5 aliphatic rings. The highest BCUT2D eigenvalue weighted by Crippen LogP contribution is 2.64. The zero-order valence-electron chi connectivity index (χ0n) is 27.1. The highest BCUT2D eigenvalue weighted by Gasteiger charge is 2.67. The van der Waals surface area contributed by atoms with Gasteiger partial charge in [-0.25, -0.2) is 9.29 Å². The Balaban J connectivity index is 1.19. The number of nitrogens with zero attached hydrogens (tertiary/aromatic N) is 3. The SMILES string of the molecule is Cc1cc([C@H]2C3=CC[C@@H]4C(=O)N(c5ccc(N6CCOCC6)cc5)C(=O)[C@@H]4[C@@H]3C[C@H]3C(=O)N(c4ccc(F)c(Cl)c4)C(=O)[C@@]23C)ccc1O. The van der Waals surface area contributed by atoms with Gasteiger partial charge in [-0.05, 0) is 92.3 Å². The molecular weight excluding hydrogens is 649 g/mol. The van der Waals surface area contributed by atoms with Crippen molar-refractivity contribution in [3.8, 4) is 5.75 Å². The van der Waals surface area contributed by atoms with Gasteiger partial charge in [0.15, 0.2) is 0 Å². The quantitative estimate of drug-likeness (QED) is 0.275. The topological polar surface area (TPSA) is 107 Å². The maximum absolute atomic E-state index is 14.6. The number of halogens is 2. The largest absolute Gasteiger partial charge is 0.508 e. The molecule has 3 aliphatic heterocycles. The maximum atomic E-state index is 14.6. The van der Waals surface area contributed by atoms with Crippen LogP contribution in [0, 0.1) is 41.8 Å².